The Bertz CT molecular complexity index is 645. The smallest absolute Gasteiger partial charge is 0.144 e. The van der Waals surface area contributed by atoms with Crippen LogP contribution >= 0.6 is 0 Å². The van der Waals surface area contributed by atoms with Crippen LogP contribution in [0.1, 0.15) is 0 Å². The van der Waals surface area contributed by atoms with Crippen molar-refractivity contribution < 1.29 is 0 Å². The Morgan fingerprint density at radius 1 is 1.12 bits per heavy atom. The summed E-state index contributed by atoms with van der Waals surface area (Å²) in [5.74, 6) is 0.772. The molecule has 0 aliphatic carbocycles. The predicted molar refractivity (Wildman–Crippen MR) is 66.7 cm³/mol. The molecule has 0 saturated heterocycles. The number of benzene rings is 1. The second-order valence-corrected chi connectivity index (χ2v) is 3.70. The van der Waals surface area contributed by atoms with Crippen molar-refractivity contribution >= 4 is 16.9 Å². The van der Waals surface area contributed by atoms with Crippen molar-refractivity contribution in [3.05, 3.63) is 36.8 Å². The maximum Gasteiger partial charge on any atom is 0.144 e. The molecular formula is C12H11N5. The highest BCUT2D eigenvalue weighted by atomic mass is 15.1. The SMILES string of the molecule is CNc1cnc2cc(-c3cn[nH]c3)ccc2n1. The molecule has 3 rings (SSSR count). The third kappa shape index (κ3) is 1.71. The van der Waals surface area contributed by atoms with Crippen LogP contribution in [-0.4, -0.2) is 27.2 Å². The minimum atomic E-state index is 0.772. The summed E-state index contributed by atoms with van der Waals surface area (Å²) in [6.07, 6.45) is 5.37. The fraction of sp³-hybridized carbons (Fsp3) is 0.0833. The molecule has 0 spiro atoms. The predicted octanol–water partition coefficient (Wildman–Crippen LogP) is 2.06. The first-order chi connectivity index (χ1) is 8.36. The Balaban J connectivity index is 2.14. The van der Waals surface area contributed by atoms with Crippen molar-refractivity contribution in [3.63, 3.8) is 0 Å². The summed E-state index contributed by atoms with van der Waals surface area (Å²) in [5, 5.41) is 9.71. The van der Waals surface area contributed by atoms with E-state index >= 15 is 0 Å². The maximum atomic E-state index is 4.42. The van der Waals surface area contributed by atoms with Gasteiger partial charge in [0.05, 0.1) is 23.4 Å². The van der Waals surface area contributed by atoms with Crippen LogP contribution < -0.4 is 5.32 Å². The molecule has 0 aliphatic rings. The number of aromatic amines is 1. The van der Waals surface area contributed by atoms with Gasteiger partial charge in [-0.3, -0.25) is 10.1 Å². The topological polar surface area (TPSA) is 66.5 Å². The number of fused-ring (bicyclic) bond motifs is 1. The van der Waals surface area contributed by atoms with Crippen LogP contribution in [0.3, 0.4) is 0 Å². The largest absolute Gasteiger partial charge is 0.372 e. The fourth-order valence-electron chi connectivity index (χ4n) is 1.72. The molecule has 2 heterocycles. The van der Waals surface area contributed by atoms with Crippen molar-refractivity contribution in [2.24, 2.45) is 0 Å². The standard InChI is InChI=1S/C12H11N5/c1-13-12-7-14-11-4-8(2-3-10(11)17-12)9-5-15-16-6-9/h2-7H,1H3,(H,13,17)(H,15,16). The van der Waals surface area contributed by atoms with Crippen LogP contribution in [0.25, 0.3) is 22.2 Å². The van der Waals surface area contributed by atoms with E-state index in [0.29, 0.717) is 0 Å². The van der Waals surface area contributed by atoms with E-state index in [1.807, 2.05) is 31.4 Å². The highest BCUT2D eigenvalue weighted by Crippen LogP contribution is 2.22. The first kappa shape index (κ1) is 9.77. The highest BCUT2D eigenvalue weighted by Gasteiger charge is 2.03. The molecule has 0 atom stereocenters. The minimum Gasteiger partial charge on any atom is -0.372 e. The highest BCUT2D eigenvalue weighted by molar-refractivity contribution is 5.81. The number of hydrogen-bond acceptors (Lipinski definition) is 4. The molecule has 17 heavy (non-hydrogen) atoms. The number of nitrogens with one attached hydrogen (secondary N) is 2. The summed E-state index contributed by atoms with van der Waals surface area (Å²) < 4.78 is 0. The third-order valence-corrected chi connectivity index (χ3v) is 2.63. The van der Waals surface area contributed by atoms with Gasteiger partial charge < -0.3 is 5.32 Å². The first-order valence-corrected chi connectivity index (χ1v) is 5.30. The molecule has 84 valence electrons. The van der Waals surface area contributed by atoms with Gasteiger partial charge in [-0.05, 0) is 17.7 Å². The molecule has 0 radical (unpaired) electrons. The van der Waals surface area contributed by atoms with Gasteiger partial charge >= 0.3 is 0 Å². The van der Waals surface area contributed by atoms with E-state index in [9.17, 15) is 0 Å². The lowest BCUT2D eigenvalue weighted by molar-refractivity contribution is 1.09. The second kappa shape index (κ2) is 3.86. The van der Waals surface area contributed by atoms with E-state index < -0.39 is 0 Å². The molecule has 1 aromatic carbocycles. The zero-order valence-corrected chi connectivity index (χ0v) is 9.31. The molecule has 0 amide bonds. The van der Waals surface area contributed by atoms with E-state index in [0.717, 1.165) is 28.0 Å². The van der Waals surface area contributed by atoms with Gasteiger partial charge in [-0.2, -0.15) is 5.10 Å². The van der Waals surface area contributed by atoms with Crippen molar-refractivity contribution in [2.45, 2.75) is 0 Å². The van der Waals surface area contributed by atoms with Gasteiger partial charge in [0.15, 0.2) is 0 Å². The number of anilines is 1. The maximum absolute atomic E-state index is 4.42. The Hall–Kier alpha value is -2.43. The van der Waals surface area contributed by atoms with E-state index in [1.54, 1.807) is 12.4 Å². The molecule has 0 aliphatic heterocycles. The molecule has 0 unspecified atom stereocenters. The number of hydrogen-bond donors (Lipinski definition) is 2. The summed E-state index contributed by atoms with van der Waals surface area (Å²) in [5.41, 5.74) is 3.89. The zero-order valence-electron chi connectivity index (χ0n) is 9.31. The van der Waals surface area contributed by atoms with Crippen molar-refractivity contribution in [2.75, 3.05) is 12.4 Å². The average molecular weight is 225 g/mol. The van der Waals surface area contributed by atoms with E-state index in [2.05, 4.69) is 25.5 Å². The number of aromatic nitrogens is 4. The summed E-state index contributed by atoms with van der Waals surface area (Å²) in [6, 6.07) is 5.99. The quantitative estimate of drug-likeness (QED) is 0.700. The Morgan fingerprint density at radius 2 is 2.06 bits per heavy atom. The lowest BCUT2D eigenvalue weighted by atomic mass is 10.1. The van der Waals surface area contributed by atoms with Crippen molar-refractivity contribution in [1.82, 2.24) is 20.2 Å². The van der Waals surface area contributed by atoms with Gasteiger partial charge in [0.25, 0.3) is 0 Å². The fourth-order valence-corrected chi connectivity index (χ4v) is 1.72. The normalized spacial score (nSPS) is 10.6. The number of H-pyrrole nitrogens is 1. The van der Waals surface area contributed by atoms with Crippen LogP contribution in [0.15, 0.2) is 36.8 Å². The average Bonchev–Trinajstić information content (AvgIpc) is 2.91. The Labute approximate surface area is 97.9 Å². The van der Waals surface area contributed by atoms with Gasteiger partial charge in [0.2, 0.25) is 0 Å². The third-order valence-electron chi connectivity index (χ3n) is 2.63. The van der Waals surface area contributed by atoms with Crippen LogP contribution in [-0.2, 0) is 0 Å². The molecule has 0 bridgehead atoms. The van der Waals surface area contributed by atoms with Crippen molar-refractivity contribution in [3.8, 4) is 11.1 Å². The molecule has 0 saturated carbocycles. The van der Waals surface area contributed by atoms with Crippen LogP contribution in [0.2, 0.25) is 0 Å². The van der Waals surface area contributed by atoms with Gasteiger partial charge in [0.1, 0.15) is 5.82 Å². The monoisotopic (exact) mass is 225 g/mol. The lowest BCUT2D eigenvalue weighted by Gasteiger charge is -2.02. The summed E-state index contributed by atoms with van der Waals surface area (Å²) in [6.45, 7) is 0. The summed E-state index contributed by atoms with van der Waals surface area (Å²) >= 11 is 0. The van der Waals surface area contributed by atoms with Crippen LogP contribution in [0.5, 0.6) is 0 Å². The Kier molecular flexibility index (Phi) is 2.22. The molecule has 2 aromatic heterocycles. The van der Waals surface area contributed by atoms with E-state index in [1.165, 1.54) is 0 Å². The Morgan fingerprint density at radius 3 is 2.82 bits per heavy atom. The van der Waals surface area contributed by atoms with Crippen molar-refractivity contribution in [1.29, 1.82) is 0 Å². The number of rotatable bonds is 2. The van der Waals surface area contributed by atoms with Gasteiger partial charge in [0, 0.05) is 18.8 Å². The van der Waals surface area contributed by atoms with E-state index in [4.69, 9.17) is 0 Å². The molecule has 0 fully saturated rings. The van der Waals surface area contributed by atoms with E-state index in [-0.39, 0.29) is 0 Å². The minimum absolute atomic E-state index is 0.772. The zero-order chi connectivity index (χ0) is 11.7. The summed E-state index contributed by atoms with van der Waals surface area (Å²) in [7, 11) is 1.83. The summed E-state index contributed by atoms with van der Waals surface area (Å²) in [4.78, 5) is 8.79. The van der Waals surface area contributed by atoms with Gasteiger partial charge in [-0.1, -0.05) is 6.07 Å². The van der Waals surface area contributed by atoms with Gasteiger partial charge in [-0.25, -0.2) is 4.98 Å². The van der Waals surface area contributed by atoms with Crippen LogP contribution in [0, 0.1) is 0 Å². The number of nitrogens with zero attached hydrogens (tertiary/aromatic N) is 3. The first-order valence-electron chi connectivity index (χ1n) is 5.30. The molecule has 2 N–H and O–H groups in total. The van der Waals surface area contributed by atoms with Crippen LogP contribution in [0.4, 0.5) is 5.82 Å². The molecular weight excluding hydrogens is 214 g/mol. The molecule has 5 nitrogen and oxygen atoms in total. The lowest BCUT2D eigenvalue weighted by Crippen LogP contribution is -1.94. The van der Waals surface area contributed by atoms with Gasteiger partial charge in [-0.15, -0.1) is 0 Å². The molecule has 3 aromatic rings. The second-order valence-electron chi connectivity index (χ2n) is 3.70. The molecule has 5 heteroatoms.